The van der Waals surface area contributed by atoms with Gasteiger partial charge in [-0.15, -0.1) is 0 Å². The van der Waals surface area contributed by atoms with Gasteiger partial charge in [-0.3, -0.25) is 0 Å². The van der Waals surface area contributed by atoms with Crippen molar-refractivity contribution in [3.8, 4) is 0 Å². The number of hydrogen-bond acceptors (Lipinski definition) is 5. The van der Waals surface area contributed by atoms with Gasteiger partial charge in [-0.2, -0.15) is 4.98 Å². The smallest absolute Gasteiger partial charge is 0.255 e. The average Bonchev–Trinajstić information content (AvgIpc) is 3.27. The molecule has 5 heteroatoms. The molecule has 0 bridgehead atoms. The van der Waals surface area contributed by atoms with Crippen LogP contribution in [-0.4, -0.2) is 28.8 Å². The maximum absolute atomic E-state index is 6.11. The predicted octanol–water partition coefficient (Wildman–Crippen LogP) is 3.30. The molecule has 2 saturated carbocycles. The Bertz CT molecular complexity index is 504. The maximum Gasteiger partial charge on any atom is 0.255 e. The van der Waals surface area contributed by atoms with E-state index < -0.39 is 0 Å². The normalized spacial score (nSPS) is 34.0. The lowest BCUT2D eigenvalue weighted by Gasteiger charge is -2.32. The molecule has 1 N–H and O–H groups in total. The highest BCUT2D eigenvalue weighted by molar-refractivity contribution is 5.00. The van der Waals surface area contributed by atoms with Crippen molar-refractivity contribution >= 4 is 0 Å². The zero-order valence-corrected chi connectivity index (χ0v) is 13.5. The van der Waals surface area contributed by atoms with Crippen LogP contribution in [0, 0.1) is 12.3 Å². The molecule has 3 fully saturated rings. The van der Waals surface area contributed by atoms with Crippen molar-refractivity contribution in [1.82, 2.24) is 15.5 Å². The van der Waals surface area contributed by atoms with Crippen LogP contribution in [0.3, 0.4) is 0 Å². The molecule has 1 unspecified atom stereocenters. The molecule has 4 rings (SSSR count). The Morgan fingerprint density at radius 3 is 2.73 bits per heavy atom. The second kappa shape index (κ2) is 5.93. The van der Waals surface area contributed by atoms with Crippen LogP contribution in [-0.2, 0) is 4.74 Å². The van der Waals surface area contributed by atoms with Crippen LogP contribution in [0.5, 0.6) is 0 Å². The fourth-order valence-corrected chi connectivity index (χ4v) is 4.89. The standard InChI is InChI=1S/C17H27N3O2/c1-12-19-16(22-20-12)14-7-6-13(21-14)11-18-15-5-4-10-17(15)8-2-3-9-17/h13-15,18H,2-11H2,1H3/t13-,14+,15?/m1/s1. The summed E-state index contributed by atoms with van der Waals surface area (Å²) in [5.74, 6) is 1.34. The first-order chi connectivity index (χ1) is 10.8. The van der Waals surface area contributed by atoms with E-state index in [2.05, 4.69) is 15.5 Å². The minimum absolute atomic E-state index is 0.00276. The minimum Gasteiger partial charge on any atom is -0.364 e. The Balaban J connectivity index is 1.30. The molecule has 1 aromatic heterocycles. The number of aromatic nitrogens is 2. The van der Waals surface area contributed by atoms with Crippen molar-refractivity contribution in [3.05, 3.63) is 11.7 Å². The summed E-state index contributed by atoms with van der Waals surface area (Å²) in [5, 5.41) is 7.70. The Hall–Kier alpha value is -0.940. The molecule has 2 heterocycles. The van der Waals surface area contributed by atoms with Crippen LogP contribution in [0.25, 0.3) is 0 Å². The van der Waals surface area contributed by atoms with Gasteiger partial charge in [-0.25, -0.2) is 0 Å². The summed E-state index contributed by atoms with van der Waals surface area (Å²) in [6.07, 6.45) is 12.2. The van der Waals surface area contributed by atoms with Gasteiger partial charge in [0.2, 0.25) is 0 Å². The number of nitrogens with one attached hydrogen (secondary N) is 1. The largest absolute Gasteiger partial charge is 0.364 e. The summed E-state index contributed by atoms with van der Waals surface area (Å²) in [7, 11) is 0. The predicted molar refractivity (Wildman–Crippen MR) is 82.4 cm³/mol. The molecule has 1 aromatic rings. The van der Waals surface area contributed by atoms with Gasteiger partial charge >= 0.3 is 0 Å². The molecular formula is C17H27N3O2. The Kier molecular flexibility index (Phi) is 3.95. The lowest BCUT2D eigenvalue weighted by atomic mass is 9.81. The van der Waals surface area contributed by atoms with E-state index in [1.807, 2.05) is 6.92 Å². The average molecular weight is 305 g/mol. The quantitative estimate of drug-likeness (QED) is 0.925. The SMILES string of the molecule is Cc1noc([C@@H]2CC[C@H](CNC3CCCC34CCCC4)O2)n1. The molecule has 122 valence electrons. The third-order valence-corrected chi connectivity index (χ3v) is 6.02. The van der Waals surface area contributed by atoms with Gasteiger partial charge in [0.25, 0.3) is 5.89 Å². The molecule has 3 atom stereocenters. The first-order valence-corrected chi connectivity index (χ1v) is 8.94. The van der Waals surface area contributed by atoms with Gasteiger partial charge in [0.15, 0.2) is 5.82 Å². The Labute approximate surface area is 132 Å². The van der Waals surface area contributed by atoms with Crippen LogP contribution < -0.4 is 5.32 Å². The van der Waals surface area contributed by atoms with Crippen LogP contribution in [0.4, 0.5) is 0 Å². The van der Waals surface area contributed by atoms with E-state index in [4.69, 9.17) is 9.26 Å². The molecule has 0 radical (unpaired) electrons. The summed E-state index contributed by atoms with van der Waals surface area (Å²) in [6, 6.07) is 0.711. The van der Waals surface area contributed by atoms with E-state index >= 15 is 0 Å². The van der Waals surface area contributed by atoms with Crippen molar-refractivity contribution in [2.24, 2.45) is 5.41 Å². The summed E-state index contributed by atoms with van der Waals surface area (Å²) in [5.41, 5.74) is 0.613. The zero-order chi connectivity index (χ0) is 15.0. The van der Waals surface area contributed by atoms with E-state index in [0.29, 0.717) is 23.2 Å². The van der Waals surface area contributed by atoms with Gasteiger partial charge in [-0.1, -0.05) is 24.4 Å². The monoisotopic (exact) mass is 305 g/mol. The van der Waals surface area contributed by atoms with Crippen molar-refractivity contribution in [3.63, 3.8) is 0 Å². The topological polar surface area (TPSA) is 60.2 Å². The van der Waals surface area contributed by atoms with E-state index in [9.17, 15) is 0 Å². The summed E-state index contributed by atoms with van der Waals surface area (Å²) in [6.45, 7) is 2.82. The van der Waals surface area contributed by atoms with Crippen molar-refractivity contribution < 1.29 is 9.26 Å². The third-order valence-electron chi connectivity index (χ3n) is 6.02. The zero-order valence-electron chi connectivity index (χ0n) is 13.5. The second-order valence-corrected chi connectivity index (χ2v) is 7.43. The first-order valence-electron chi connectivity index (χ1n) is 8.94. The molecule has 5 nitrogen and oxygen atoms in total. The fourth-order valence-electron chi connectivity index (χ4n) is 4.89. The lowest BCUT2D eigenvalue weighted by Crippen LogP contribution is -2.43. The molecular weight excluding hydrogens is 278 g/mol. The number of ether oxygens (including phenoxy) is 1. The van der Waals surface area contributed by atoms with Gasteiger partial charge in [0.05, 0.1) is 6.10 Å². The Morgan fingerprint density at radius 1 is 1.14 bits per heavy atom. The van der Waals surface area contributed by atoms with E-state index in [-0.39, 0.29) is 12.2 Å². The van der Waals surface area contributed by atoms with Gasteiger partial charge in [0.1, 0.15) is 6.10 Å². The molecule has 3 aliphatic rings. The Morgan fingerprint density at radius 2 is 1.95 bits per heavy atom. The molecule has 0 amide bonds. The molecule has 2 aliphatic carbocycles. The van der Waals surface area contributed by atoms with Crippen LogP contribution >= 0.6 is 0 Å². The van der Waals surface area contributed by atoms with Crippen LogP contribution in [0.2, 0.25) is 0 Å². The molecule has 1 spiro atoms. The van der Waals surface area contributed by atoms with E-state index in [0.717, 1.165) is 19.4 Å². The summed E-state index contributed by atoms with van der Waals surface area (Å²) < 4.78 is 11.4. The number of rotatable bonds is 4. The highest BCUT2D eigenvalue weighted by Gasteiger charge is 2.44. The van der Waals surface area contributed by atoms with Crippen molar-refractivity contribution in [2.75, 3.05) is 6.54 Å². The van der Waals surface area contributed by atoms with E-state index in [1.165, 1.54) is 44.9 Å². The van der Waals surface area contributed by atoms with Gasteiger partial charge in [-0.05, 0) is 50.9 Å². The van der Waals surface area contributed by atoms with Crippen molar-refractivity contribution in [1.29, 1.82) is 0 Å². The van der Waals surface area contributed by atoms with E-state index in [1.54, 1.807) is 0 Å². The minimum atomic E-state index is -0.00276. The lowest BCUT2D eigenvalue weighted by molar-refractivity contribution is 0.0230. The number of nitrogens with zero attached hydrogens (tertiary/aromatic N) is 2. The molecule has 1 aliphatic heterocycles. The second-order valence-electron chi connectivity index (χ2n) is 7.43. The highest BCUT2D eigenvalue weighted by atomic mass is 16.5. The molecule has 22 heavy (non-hydrogen) atoms. The fraction of sp³-hybridized carbons (Fsp3) is 0.882. The van der Waals surface area contributed by atoms with Gasteiger partial charge in [0, 0.05) is 12.6 Å². The first kappa shape index (κ1) is 14.6. The van der Waals surface area contributed by atoms with Crippen LogP contribution in [0.1, 0.15) is 75.6 Å². The number of hydrogen-bond donors (Lipinski definition) is 1. The van der Waals surface area contributed by atoms with Crippen LogP contribution in [0.15, 0.2) is 4.52 Å². The number of aryl methyl sites for hydroxylation is 1. The third kappa shape index (κ3) is 2.69. The maximum atomic E-state index is 6.11. The van der Waals surface area contributed by atoms with Crippen molar-refractivity contribution in [2.45, 2.75) is 83.0 Å². The summed E-state index contributed by atoms with van der Waals surface area (Å²) in [4.78, 5) is 4.30. The highest BCUT2D eigenvalue weighted by Crippen LogP contribution is 2.50. The molecule has 1 saturated heterocycles. The molecule has 0 aromatic carbocycles. The summed E-state index contributed by atoms with van der Waals surface area (Å²) >= 11 is 0. The van der Waals surface area contributed by atoms with Gasteiger partial charge < -0.3 is 14.6 Å².